The highest BCUT2D eigenvalue weighted by Crippen LogP contribution is 2.36. The maximum Gasteiger partial charge on any atom is 0.262 e. The second-order valence-corrected chi connectivity index (χ2v) is 11.4. The van der Waals surface area contributed by atoms with Gasteiger partial charge in [0.1, 0.15) is 9.66 Å². The molecule has 0 radical (unpaired) electrons. The first-order chi connectivity index (χ1) is 18.0. The molecule has 0 aliphatic rings. The zero-order valence-corrected chi connectivity index (χ0v) is 22.1. The molecular formula is C29H24N4O2S2. The van der Waals surface area contributed by atoms with Crippen molar-refractivity contribution in [2.75, 3.05) is 0 Å². The Morgan fingerprint density at radius 1 is 0.649 bits per heavy atom. The molecule has 0 aliphatic carbocycles. The molecule has 0 amide bonds. The SMILES string of the molecule is Cc1sc2ncn(CCCn3cnc4sc(C)c(-c5ccccc5)c4c3=O)c(=O)c2c1-c1ccccc1. The minimum Gasteiger partial charge on any atom is -0.299 e. The van der Waals surface area contributed by atoms with E-state index >= 15 is 0 Å². The molecule has 37 heavy (non-hydrogen) atoms. The van der Waals surface area contributed by atoms with Crippen LogP contribution in [0.3, 0.4) is 0 Å². The van der Waals surface area contributed by atoms with Crippen molar-refractivity contribution < 1.29 is 0 Å². The number of aromatic nitrogens is 4. The number of rotatable bonds is 6. The number of nitrogens with zero attached hydrogens (tertiary/aromatic N) is 4. The van der Waals surface area contributed by atoms with Crippen LogP contribution in [0.5, 0.6) is 0 Å². The molecule has 0 bridgehead atoms. The van der Waals surface area contributed by atoms with Crippen LogP contribution in [0.2, 0.25) is 0 Å². The molecule has 8 heteroatoms. The third kappa shape index (κ3) is 4.12. The molecule has 4 aromatic heterocycles. The Morgan fingerprint density at radius 3 is 1.46 bits per heavy atom. The first kappa shape index (κ1) is 23.5. The molecule has 0 spiro atoms. The standard InChI is InChI=1S/C29H24N4O2S2/c1-18-22(20-10-5-3-6-11-20)24-26(36-18)30-16-32(28(24)34)14-9-15-33-17-31-27-25(29(33)35)23(19(2)37-27)21-12-7-4-8-13-21/h3-8,10-13,16-17H,9,14-15H2,1-2H3. The molecule has 0 fully saturated rings. The number of fused-ring (bicyclic) bond motifs is 2. The van der Waals surface area contributed by atoms with E-state index in [9.17, 15) is 9.59 Å². The summed E-state index contributed by atoms with van der Waals surface area (Å²) >= 11 is 3.09. The van der Waals surface area contributed by atoms with E-state index in [1.54, 1.807) is 44.5 Å². The van der Waals surface area contributed by atoms with Crippen molar-refractivity contribution in [1.82, 2.24) is 19.1 Å². The Hall–Kier alpha value is -3.88. The van der Waals surface area contributed by atoms with E-state index in [1.165, 1.54) is 0 Å². The summed E-state index contributed by atoms with van der Waals surface area (Å²) in [6.07, 6.45) is 3.85. The highest BCUT2D eigenvalue weighted by molar-refractivity contribution is 7.19. The van der Waals surface area contributed by atoms with Gasteiger partial charge in [0.15, 0.2) is 0 Å². The van der Waals surface area contributed by atoms with Crippen LogP contribution >= 0.6 is 22.7 Å². The van der Waals surface area contributed by atoms with Crippen molar-refractivity contribution in [2.24, 2.45) is 0 Å². The first-order valence-corrected chi connectivity index (χ1v) is 13.7. The van der Waals surface area contributed by atoms with Gasteiger partial charge in [0, 0.05) is 34.0 Å². The fourth-order valence-electron chi connectivity index (χ4n) is 4.91. The van der Waals surface area contributed by atoms with Gasteiger partial charge in [-0.25, -0.2) is 9.97 Å². The van der Waals surface area contributed by atoms with E-state index in [-0.39, 0.29) is 11.1 Å². The number of benzene rings is 2. The quantitative estimate of drug-likeness (QED) is 0.257. The predicted octanol–water partition coefficient (Wildman–Crippen LogP) is 6.27. The summed E-state index contributed by atoms with van der Waals surface area (Å²) in [6, 6.07) is 20.0. The van der Waals surface area contributed by atoms with E-state index in [0.29, 0.717) is 30.3 Å². The van der Waals surface area contributed by atoms with Gasteiger partial charge in [-0.15, -0.1) is 22.7 Å². The lowest BCUT2D eigenvalue weighted by Crippen LogP contribution is -2.24. The monoisotopic (exact) mass is 524 g/mol. The van der Waals surface area contributed by atoms with Gasteiger partial charge in [0.25, 0.3) is 11.1 Å². The molecule has 6 aromatic rings. The largest absolute Gasteiger partial charge is 0.299 e. The molecule has 2 aromatic carbocycles. The lowest BCUT2D eigenvalue weighted by molar-refractivity contribution is 0.539. The number of hydrogen-bond acceptors (Lipinski definition) is 6. The molecule has 0 atom stereocenters. The second kappa shape index (κ2) is 9.53. The normalized spacial score (nSPS) is 11.5. The number of aryl methyl sites for hydroxylation is 4. The fraction of sp³-hybridized carbons (Fsp3) is 0.172. The van der Waals surface area contributed by atoms with Crippen LogP contribution in [0.25, 0.3) is 42.7 Å². The minimum atomic E-state index is -0.0473. The predicted molar refractivity (Wildman–Crippen MR) is 153 cm³/mol. The van der Waals surface area contributed by atoms with Crippen molar-refractivity contribution in [3.8, 4) is 22.3 Å². The Bertz CT molecular complexity index is 1730. The van der Waals surface area contributed by atoms with Crippen LogP contribution in [0.15, 0.2) is 82.9 Å². The molecule has 4 heterocycles. The van der Waals surface area contributed by atoms with Crippen LogP contribution < -0.4 is 11.1 Å². The van der Waals surface area contributed by atoms with Gasteiger partial charge in [-0.3, -0.25) is 18.7 Å². The molecule has 0 saturated heterocycles. The summed E-state index contributed by atoms with van der Waals surface area (Å²) < 4.78 is 3.31. The Kier molecular flexibility index (Phi) is 6.06. The summed E-state index contributed by atoms with van der Waals surface area (Å²) in [7, 11) is 0. The average Bonchev–Trinajstić information content (AvgIpc) is 3.44. The van der Waals surface area contributed by atoms with Gasteiger partial charge in [0.05, 0.1) is 23.4 Å². The van der Waals surface area contributed by atoms with Crippen molar-refractivity contribution >= 4 is 43.1 Å². The van der Waals surface area contributed by atoms with Gasteiger partial charge in [-0.05, 0) is 31.4 Å². The Labute approximate surface area is 221 Å². The van der Waals surface area contributed by atoms with Crippen molar-refractivity contribution in [2.45, 2.75) is 33.4 Å². The van der Waals surface area contributed by atoms with Gasteiger partial charge >= 0.3 is 0 Å². The zero-order chi connectivity index (χ0) is 25.5. The summed E-state index contributed by atoms with van der Waals surface area (Å²) in [5.41, 5.74) is 3.87. The summed E-state index contributed by atoms with van der Waals surface area (Å²) in [5.74, 6) is 0. The highest BCUT2D eigenvalue weighted by atomic mass is 32.1. The topological polar surface area (TPSA) is 69.8 Å². The molecule has 0 saturated carbocycles. The maximum atomic E-state index is 13.5. The third-order valence-corrected chi connectivity index (χ3v) is 8.66. The smallest absolute Gasteiger partial charge is 0.262 e. The van der Waals surface area contributed by atoms with E-state index in [4.69, 9.17) is 0 Å². The molecular weight excluding hydrogens is 500 g/mol. The van der Waals surface area contributed by atoms with Crippen LogP contribution in [0.4, 0.5) is 0 Å². The maximum absolute atomic E-state index is 13.5. The number of hydrogen-bond donors (Lipinski definition) is 0. The lowest BCUT2D eigenvalue weighted by Gasteiger charge is -2.09. The van der Waals surface area contributed by atoms with Gasteiger partial charge in [0.2, 0.25) is 0 Å². The van der Waals surface area contributed by atoms with Gasteiger partial charge in [-0.1, -0.05) is 60.7 Å². The summed E-state index contributed by atoms with van der Waals surface area (Å²) in [6.45, 7) is 4.99. The van der Waals surface area contributed by atoms with Crippen molar-refractivity contribution in [3.05, 3.63) is 104 Å². The van der Waals surface area contributed by atoms with Crippen LogP contribution in [-0.4, -0.2) is 19.1 Å². The van der Waals surface area contributed by atoms with Crippen molar-refractivity contribution in [1.29, 1.82) is 0 Å². The molecule has 0 N–H and O–H groups in total. The Balaban J connectivity index is 1.31. The molecule has 0 unspecified atom stereocenters. The molecule has 0 aliphatic heterocycles. The van der Waals surface area contributed by atoms with E-state index in [0.717, 1.165) is 41.7 Å². The van der Waals surface area contributed by atoms with Crippen LogP contribution in [-0.2, 0) is 13.1 Å². The molecule has 6 rings (SSSR count). The zero-order valence-electron chi connectivity index (χ0n) is 20.5. The first-order valence-electron chi connectivity index (χ1n) is 12.1. The minimum absolute atomic E-state index is 0.0473. The number of thiophene rings is 2. The average molecular weight is 525 g/mol. The molecule has 184 valence electrons. The van der Waals surface area contributed by atoms with Crippen LogP contribution in [0, 0.1) is 13.8 Å². The fourth-order valence-corrected chi connectivity index (χ4v) is 6.92. The lowest BCUT2D eigenvalue weighted by atomic mass is 10.0. The van der Waals surface area contributed by atoms with E-state index in [2.05, 4.69) is 9.97 Å². The third-order valence-electron chi connectivity index (χ3n) is 6.63. The highest BCUT2D eigenvalue weighted by Gasteiger charge is 2.18. The molecule has 6 nitrogen and oxygen atoms in total. The van der Waals surface area contributed by atoms with Crippen molar-refractivity contribution in [3.63, 3.8) is 0 Å². The van der Waals surface area contributed by atoms with Gasteiger partial charge < -0.3 is 0 Å². The van der Waals surface area contributed by atoms with Gasteiger partial charge in [-0.2, -0.15) is 0 Å². The van der Waals surface area contributed by atoms with Crippen LogP contribution in [0.1, 0.15) is 16.2 Å². The Morgan fingerprint density at radius 2 is 1.05 bits per heavy atom. The van der Waals surface area contributed by atoms with E-state index in [1.807, 2.05) is 74.5 Å². The summed E-state index contributed by atoms with van der Waals surface area (Å²) in [4.78, 5) is 39.8. The second-order valence-electron chi connectivity index (χ2n) is 9.00. The van der Waals surface area contributed by atoms with E-state index < -0.39 is 0 Å². The summed E-state index contributed by atoms with van der Waals surface area (Å²) in [5, 5.41) is 1.33.